The van der Waals surface area contributed by atoms with Gasteiger partial charge in [-0.05, 0) is 44.6 Å². The summed E-state index contributed by atoms with van der Waals surface area (Å²) in [5.41, 5.74) is 0. The Hall–Kier alpha value is -2.47. The Morgan fingerprint density at radius 1 is 0.649 bits per heavy atom. The minimum Gasteiger partial charge on any atom is -0.463 e. The summed E-state index contributed by atoms with van der Waals surface area (Å²) in [5, 5.41) is 9.83. The van der Waals surface area contributed by atoms with Crippen LogP contribution in [0.5, 0.6) is 0 Å². The molecule has 0 heterocycles. The average molecular weight is 519 g/mol. The van der Waals surface area contributed by atoms with Crippen LogP contribution in [0.3, 0.4) is 0 Å². The van der Waals surface area contributed by atoms with Crippen LogP contribution in [-0.2, 0) is 23.9 Å². The normalized spacial score (nSPS) is 12.7. The highest BCUT2D eigenvalue weighted by molar-refractivity contribution is 5.89. The number of ketones is 1. The summed E-state index contributed by atoms with van der Waals surface area (Å²) >= 11 is 0. The standard InChI is InChI=1S/C31H50O6/c1-3-5-7-15-20-24-30(34)36-26-29(33)27-37-31(35)25-21-17-14-12-10-8-9-11-13-16-19-23-28(32)22-18-6-4-2/h8-9,12-14,16,19,23,29,33H,3-7,10-11,15,17-18,20-22,24-27H2,1-2H3/b9-8-,14-12-,16-13-,23-19+/t29-/m1/s1. The third-order valence-electron chi connectivity index (χ3n) is 5.54. The monoisotopic (exact) mass is 518 g/mol. The molecule has 0 spiro atoms. The molecule has 0 aliphatic carbocycles. The molecule has 1 N–H and O–H groups in total. The first kappa shape index (κ1) is 34.5. The fraction of sp³-hybridized carbons (Fsp3) is 0.645. The smallest absolute Gasteiger partial charge is 0.305 e. The Labute approximate surface area is 224 Å². The van der Waals surface area contributed by atoms with Crippen molar-refractivity contribution < 1.29 is 29.0 Å². The minimum atomic E-state index is -0.997. The summed E-state index contributed by atoms with van der Waals surface area (Å²) in [6, 6.07) is 0. The molecule has 0 amide bonds. The van der Waals surface area contributed by atoms with Crippen LogP contribution in [0.4, 0.5) is 0 Å². The van der Waals surface area contributed by atoms with Gasteiger partial charge in [-0.15, -0.1) is 0 Å². The molecule has 0 bridgehead atoms. The second kappa shape index (κ2) is 26.6. The van der Waals surface area contributed by atoms with Crippen molar-refractivity contribution in [2.24, 2.45) is 0 Å². The molecular formula is C31H50O6. The van der Waals surface area contributed by atoms with Crippen molar-refractivity contribution in [3.8, 4) is 0 Å². The first-order chi connectivity index (χ1) is 18.0. The van der Waals surface area contributed by atoms with E-state index in [1.165, 1.54) is 6.42 Å². The largest absolute Gasteiger partial charge is 0.463 e. The van der Waals surface area contributed by atoms with Crippen molar-refractivity contribution in [1.29, 1.82) is 0 Å². The molecule has 6 heteroatoms. The third kappa shape index (κ3) is 26.4. The average Bonchev–Trinajstić information content (AvgIpc) is 2.88. The number of aliphatic hydroxyl groups is 1. The molecule has 0 aromatic heterocycles. The predicted molar refractivity (Wildman–Crippen MR) is 150 cm³/mol. The zero-order valence-electron chi connectivity index (χ0n) is 23.2. The van der Waals surface area contributed by atoms with E-state index in [4.69, 9.17) is 9.47 Å². The summed E-state index contributed by atoms with van der Waals surface area (Å²) in [6.45, 7) is 3.96. The SMILES string of the molecule is CCCCCCCC(=O)OC[C@@H](O)COC(=O)CCC/C=C\C/C=C\C/C=C\C=C\C(=O)CCCCC. The summed E-state index contributed by atoms with van der Waals surface area (Å²) < 4.78 is 10.1. The second-order valence-electron chi connectivity index (χ2n) is 9.20. The van der Waals surface area contributed by atoms with Gasteiger partial charge in [-0.1, -0.05) is 94.9 Å². The Bertz CT molecular complexity index is 704. The summed E-state index contributed by atoms with van der Waals surface area (Å²) in [5.74, 6) is -0.498. The van der Waals surface area contributed by atoms with Crippen LogP contribution in [0, 0.1) is 0 Å². The lowest BCUT2D eigenvalue weighted by Crippen LogP contribution is -2.25. The summed E-state index contributed by atoms with van der Waals surface area (Å²) in [7, 11) is 0. The molecule has 0 rings (SSSR count). The van der Waals surface area contributed by atoms with E-state index in [0.29, 0.717) is 19.3 Å². The van der Waals surface area contributed by atoms with Crippen molar-refractivity contribution in [1.82, 2.24) is 0 Å². The van der Waals surface area contributed by atoms with Gasteiger partial charge in [0.15, 0.2) is 5.78 Å². The van der Waals surface area contributed by atoms with Crippen molar-refractivity contribution in [2.45, 2.75) is 116 Å². The first-order valence-electron chi connectivity index (χ1n) is 14.1. The fourth-order valence-corrected chi connectivity index (χ4v) is 3.32. The number of hydrogen-bond donors (Lipinski definition) is 1. The third-order valence-corrected chi connectivity index (χ3v) is 5.54. The van der Waals surface area contributed by atoms with Crippen LogP contribution < -0.4 is 0 Å². The molecule has 210 valence electrons. The lowest BCUT2D eigenvalue weighted by atomic mass is 10.1. The van der Waals surface area contributed by atoms with E-state index >= 15 is 0 Å². The van der Waals surface area contributed by atoms with Gasteiger partial charge in [-0.25, -0.2) is 0 Å². The van der Waals surface area contributed by atoms with Crippen LogP contribution in [0.15, 0.2) is 48.6 Å². The maximum absolute atomic E-state index is 11.8. The quantitative estimate of drug-likeness (QED) is 0.0481. The zero-order valence-corrected chi connectivity index (χ0v) is 23.2. The number of hydrogen-bond acceptors (Lipinski definition) is 6. The predicted octanol–water partition coefficient (Wildman–Crippen LogP) is 7.12. The number of ether oxygens (including phenoxy) is 2. The second-order valence-corrected chi connectivity index (χ2v) is 9.20. The molecular weight excluding hydrogens is 468 g/mol. The lowest BCUT2D eigenvalue weighted by Gasteiger charge is -2.12. The summed E-state index contributed by atoms with van der Waals surface area (Å²) in [6.07, 6.45) is 27.4. The Kier molecular flexibility index (Phi) is 24.8. The Morgan fingerprint density at radius 3 is 1.86 bits per heavy atom. The highest BCUT2D eigenvalue weighted by atomic mass is 16.6. The van der Waals surface area contributed by atoms with Gasteiger partial charge in [-0.2, -0.15) is 0 Å². The van der Waals surface area contributed by atoms with E-state index in [0.717, 1.165) is 64.2 Å². The fourth-order valence-electron chi connectivity index (χ4n) is 3.32. The number of rotatable bonds is 24. The van der Waals surface area contributed by atoms with Gasteiger partial charge in [0, 0.05) is 19.3 Å². The minimum absolute atomic E-state index is 0.150. The molecule has 0 fully saturated rings. The van der Waals surface area contributed by atoms with E-state index in [1.807, 2.05) is 18.2 Å². The van der Waals surface area contributed by atoms with Crippen molar-refractivity contribution in [3.05, 3.63) is 48.6 Å². The van der Waals surface area contributed by atoms with E-state index in [2.05, 4.69) is 32.1 Å². The molecule has 0 aromatic rings. The Morgan fingerprint density at radius 2 is 1.19 bits per heavy atom. The van der Waals surface area contributed by atoms with Crippen LogP contribution in [0.25, 0.3) is 0 Å². The highest BCUT2D eigenvalue weighted by Crippen LogP contribution is 2.06. The van der Waals surface area contributed by atoms with Gasteiger partial charge in [-0.3, -0.25) is 14.4 Å². The van der Waals surface area contributed by atoms with Crippen LogP contribution in [0.2, 0.25) is 0 Å². The van der Waals surface area contributed by atoms with E-state index in [1.54, 1.807) is 12.2 Å². The molecule has 37 heavy (non-hydrogen) atoms. The Balaban J connectivity index is 3.69. The van der Waals surface area contributed by atoms with Gasteiger partial charge in [0.2, 0.25) is 0 Å². The number of allylic oxidation sites excluding steroid dienone is 8. The molecule has 0 aromatic carbocycles. The van der Waals surface area contributed by atoms with Crippen LogP contribution in [-0.4, -0.2) is 42.1 Å². The maximum atomic E-state index is 11.8. The highest BCUT2D eigenvalue weighted by Gasteiger charge is 2.11. The molecule has 0 unspecified atom stereocenters. The molecule has 0 aliphatic heterocycles. The number of carbonyl (C=O) groups excluding carboxylic acids is 3. The van der Waals surface area contributed by atoms with Crippen LogP contribution in [0.1, 0.15) is 110 Å². The number of unbranched alkanes of at least 4 members (excludes halogenated alkanes) is 7. The lowest BCUT2D eigenvalue weighted by molar-refractivity contribution is -0.152. The topological polar surface area (TPSA) is 89.9 Å². The van der Waals surface area contributed by atoms with Crippen LogP contribution >= 0.6 is 0 Å². The zero-order chi connectivity index (χ0) is 27.4. The maximum Gasteiger partial charge on any atom is 0.305 e. The molecule has 0 radical (unpaired) electrons. The number of aliphatic hydroxyl groups excluding tert-OH is 1. The molecule has 0 saturated carbocycles. The molecule has 0 saturated heterocycles. The summed E-state index contributed by atoms with van der Waals surface area (Å²) in [4.78, 5) is 35.0. The van der Waals surface area contributed by atoms with Gasteiger partial charge in [0.05, 0.1) is 0 Å². The van der Waals surface area contributed by atoms with Gasteiger partial charge in [0.25, 0.3) is 0 Å². The number of esters is 2. The molecule has 6 nitrogen and oxygen atoms in total. The first-order valence-corrected chi connectivity index (χ1v) is 14.1. The van der Waals surface area contributed by atoms with E-state index in [9.17, 15) is 19.5 Å². The van der Waals surface area contributed by atoms with Crippen molar-refractivity contribution in [2.75, 3.05) is 13.2 Å². The van der Waals surface area contributed by atoms with Gasteiger partial charge < -0.3 is 14.6 Å². The number of carbonyl (C=O) groups is 3. The molecule has 0 aliphatic rings. The van der Waals surface area contributed by atoms with E-state index in [-0.39, 0.29) is 37.4 Å². The van der Waals surface area contributed by atoms with E-state index < -0.39 is 6.10 Å². The molecule has 1 atom stereocenters. The van der Waals surface area contributed by atoms with Crippen molar-refractivity contribution >= 4 is 17.7 Å². The van der Waals surface area contributed by atoms with Gasteiger partial charge >= 0.3 is 11.9 Å². The van der Waals surface area contributed by atoms with Gasteiger partial charge in [0.1, 0.15) is 19.3 Å². The van der Waals surface area contributed by atoms with Crippen molar-refractivity contribution in [3.63, 3.8) is 0 Å².